The van der Waals surface area contributed by atoms with Crippen molar-refractivity contribution in [2.75, 3.05) is 0 Å². The predicted octanol–water partition coefficient (Wildman–Crippen LogP) is 6.62. The Morgan fingerprint density at radius 1 is 0.947 bits per heavy atom. The van der Waals surface area contributed by atoms with Gasteiger partial charge in [-0.1, -0.05) is 45.7 Å². The van der Waals surface area contributed by atoms with Crippen LogP contribution in [0.5, 0.6) is 0 Å². The lowest BCUT2D eigenvalue weighted by Crippen LogP contribution is -2.24. The Hall–Kier alpha value is -4.20. The molecule has 0 saturated heterocycles. The Morgan fingerprint density at radius 3 is 2.47 bits per heavy atom. The van der Waals surface area contributed by atoms with Crippen molar-refractivity contribution in [3.63, 3.8) is 0 Å². The summed E-state index contributed by atoms with van der Waals surface area (Å²) in [7, 11) is 3.90. The monoisotopic (exact) mass is 510 g/mol. The zero-order chi connectivity index (χ0) is 27.0. The highest BCUT2D eigenvalue weighted by molar-refractivity contribution is 6.08. The Morgan fingerprint density at radius 2 is 1.74 bits per heavy atom. The smallest absolute Gasteiger partial charge is 0.348 e. The van der Waals surface area contributed by atoms with Gasteiger partial charge >= 0.3 is 5.69 Å². The first-order valence-corrected chi connectivity index (χ1v) is 13.3. The SMILES string of the molecule is CC.CCCCCn1c(=O)nc(-c2ccc3c(c2)nc(C)n3C)c2oc3ccc(-c4cnn(C)c4)cc3c21. The van der Waals surface area contributed by atoms with Crippen molar-refractivity contribution in [2.45, 2.75) is 53.5 Å². The molecule has 0 atom stereocenters. The highest BCUT2D eigenvalue weighted by Crippen LogP contribution is 2.36. The maximum atomic E-state index is 13.4. The van der Waals surface area contributed by atoms with Gasteiger partial charge in [-0.3, -0.25) is 9.25 Å². The van der Waals surface area contributed by atoms with Crippen LogP contribution in [0, 0.1) is 6.92 Å². The van der Waals surface area contributed by atoms with Gasteiger partial charge in [-0.25, -0.2) is 9.78 Å². The summed E-state index contributed by atoms with van der Waals surface area (Å²) in [5.74, 6) is 0.929. The number of hydrogen-bond donors (Lipinski definition) is 0. The summed E-state index contributed by atoms with van der Waals surface area (Å²) in [5.41, 5.74) is 7.17. The summed E-state index contributed by atoms with van der Waals surface area (Å²) in [4.78, 5) is 22.6. The van der Waals surface area contributed by atoms with Crippen molar-refractivity contribution in [3.05, 3.63) is 65.1 Å². The van der Waals surface area contributed by atoms with Gasteiger partial charge in [0.25, 0.3) is 0 Å². The molecule has 0 aliphatic heterocycles. The molecule has 0 bridgehead atoms. The first kappa shape index (κ1) is 25.4. The first-order chi connectivity index (χ1) is 18.4. The van der Waals surface area contributed by atoms with E-state index in [0.29, 0.717) is 17.8 Å². The number of hydrogen-bond acceptors (Lipinski definition) is 5. The van der Waals surface area contributed by atoms with Crippen LogP contribution in [0.2, 0.25) is 0 Å². The van der Waals surface area contributed by atoms with E-state index in [0.717, 1.165) is 69.3 Å². The summed E-state index contributed by atoms with van der Waals surface area (Å²) in [6, 6.07) is 12.1. The molecule has 4 aromatic heterocycles. The van der Waals surface area contributed by atoms with Crippen molar-refractivity contribution in [1.29, 1.82) is 0 Å². The molecular formula is C30H34N6O2. The fourth-order valence-corrected chi connectivity index (χ4v) is 4.96. The van der Waals surface area contributed by atoms with Gasteiger partial charge in [0.1, 0.15) is 22.6 Å². The normalized spacial score (nSPS) is 11.4. The second kappa shape index (κ2) is 10.3. The second-order valence-electron chi connectivity index (χ2n) is 9.42. The van der Waals surface area contributed by atoms with Gasteiger partial charge in [0.2, 0.25) is 0 Å². The van der Waals surface area contributed by atoms with Crippen molar-refractivity contribution < 1.29 is 4.42 Å². The molecule has 4 heterocycles. The summed E-state index contributed by atoms with van der Waals surface area (Å²) < 4.78 is 12.0. The average molecular weight is 511 g/mol. The van der Waals surface area contributed by atoms with Gasteiger partial charge in [-0.05, 0) is 43.2 Å². The highest BCUT2D eigenvalue weighted by Gasteiger charge is 2.21. The molecule has 0 spiro atoms. The molecule has 0 fully saturated rings. The van der Waals surface area contributed by atoms with Gasteiger partial charge < -0.3 is 8.98 Å². The topological polar surface area (TPSA) is 83.7 Å². The minimum absolute atomic E-state index is 0.264. The van der Waals surface area contributed by atoms with E-state index in [-0.39, 0.29) is 5.69 Å². The standard InChI is InChI=1S/C28H28N6O2.C2H6/c1-5-6-7-12-34-26-21-13-18(20-15-29-32(3)16-20)9-11-24(21)36-27(26)25(31-28(34)35)19-8-10-23-22(14-19)30-17(2)33(23)4;1-2/h8-11,13-16H,5-7,12H2,1-4H3;1-2H3. The minimum atomic E-state index is -0.264. The summed E-state index contributed by atoms with van der Waals surface area (Å²) in [6.07, 6.45) is 6.84. The van der Waals surface area contributed by atoms with E-state index in [2.05, 4.69) is 32.6 Å². The predicted molar refractivity (Wildman–Crippen MR) is 153 cm³/mol. The summed E-state index contributed by atoms with van der Waals surface area (Å²) in [5, 5.41) is 5.21. The number of unbranched alkanes of at least 4 members (excludes halogenated alkanes) is 2. The lowest BCUT2D eigenvalue weighted by atomic mass is 10.1. The summed E-state index contributed by atoms with van der Waals surface area (Å²) in [6.45, 7) is 8.73. The molecule has 6 aromatic rings. The number of fused-ring (bicyclic) bond motifs is 4. The van der Waals surface area contributed by atoms with E-state index in [1.54, 1.807) is 9.25 Å². The molecule has 8 nitrogen and oxygen atoms in total. The number of imidazole rings is 1. The molecule has 0 saturated carbocycles. The average Bonchev–Trinajstić information content (AvgIpc) is 3.61. The highest BCUT2D eigenvalue weighted by atomic mass is 16.3. The molecule has 0 aliphatic carbocycles. The van der Waals surface area contributed by atoms with E-state index in [1.165, 1.54) is 0 Å². The van der Waals surface area contributed by atoms with Crippen molar-refractivity contribution in [2.24, 2.45) is 14.1 Å². The van der Waals surface area contributed by atoms with Gasteiger partial charge in [0.15, 0.2) is 5.58 Å². The number of aromatic nitrogens is 6. The van der Waals surface area contributed by atoms with Gasteiger partial charge in [0, 0.05) is 43.4 Å². The molecule has 0 aliphatic rings. The van der Waals surface area contributed by atoms with Crippen LogP contribution >= 0.6 is 0 Å². The number of aryl methyl sites for hydroxylation is 4. The zero-order valence-corrected chi connectivity index (χ0v) is 22.9. The van der Waals surface area contributed by atoms with E-state index >= 15 is 0 Å². The van der Waals surface area contributed by atoms with Crippen molar-refractivity contribution >= 4 is 33.1 Å². The number of nitrogens with zero attached hydrogens (tertiary/aromatic N) is 6. The van der Waals surface area contributed by atoms with Crippen LogP contribution in [-0.2, 0) is 20.6 Å². The molecule has 0 N–H and O–H groups in total. The molecule has 6 rings (SSSR count). The van der Waals surface area contributed by atoms with Gasteiger partial charge in [-0.2, -0.15) is 10.1 Å². The lowest BCUT2D eigenvalue weighted by Gasteiger charge is -2.10. The Labute approximate surface area is 221 Å². The van der Waals surface area contributed by atoms with E-state index in [1.807, 2.05) is 77.6 Å². The Balaban J connectivity index is 0.00000144. The van der Waals surface area contributed by atoms with Crippen LogP contribution in [0.3, 0.4) is 0 Å². The Bertz CT molecular complexity index is 1820. The van der Waals surface area contributed by atoms with Crippen LogP contribution in [0.4, 0.5) is 0 Å². The van der Waals surface area contributed by atoms with E-state index in [9.17, 15) is 4.79 Å². The molecule has 38 heavy (non-hydrogen) atoms. The van der Waals surface area contributed by atoms with Crippen LogP contribution in [-0.4, -0.2) is 28.9 Å². The maximum Gasteiger partial charge on any atom is 0.348 e. The van der Waals surface area contributed by atoms with Crippen LogP contribution < -0.4 is 5.69 Å². The second-order valence-corrected chi connectivity index (χ2v) is 9.42. The van der Waals surface area contributed by atoms with Crippen molar-refractivity contribution in [3.8, 4) is 22.4 Å². The largest absolute Gasteiger partial charge is 0.452 e. The zero-order valence-electron chi connectivity index (χ0n) is 22.9. The molecule has 2 aromatic carbocycles. The molecule has 196 valence electrons. The third-order valence-electron chi connectivity index (χ3n) is 6.99. The fourth-order valence-electron chi connectivity index (χ4n) is 4.96. The lowest BCUT2D eigenvalue weighted by molar-refractivity contribution is 0.589. The van der Waals surface area contributed by atoms with Gasteiger partial charge in [-0.15, -0.1) is 0 Å². The third kappa shape index (κ3) is 4.30. The van der Waals surface area contributed by atoms with Crippen LogP contribution in [0.25, 0.3) is 55.5 Å². The molecule has 0 unspecified atom stereocenters. The van der Waals surface area contributed by atoms with E-state index in [4.69, 9.17) is 4.42 Å². The van der Waals surface area contributed by atoms with Gasteiger partial charge in [0.05, 0.1) is 17.2 Å². The third-order valence-corrected chi connectivity index (χ3v) is 6.99. The number of benzene rings is 2. The van der Waals surface area contributed by atoms with E-state index < -0.39 is 0 Å². The molecular weight excluding hydrogens is 476 g/mol. The summed E-state index contributed by atoms with van der Waals surface area (Å²) >= 11 is 0. The maximum absolute atomic E-state index is 13.4. The quantitative estimate of drug-likeness (QED) is 0.235. The first-order valence-electron chi connectivity index (χ1n) is 13.3. The molecule has 0 radical (unpaired) electrons. The van der Waals surface area contributed by atoms with Crippen LogP contribution in [0.1, 0.15) is 45.9 Å². The molecule has 8 heteroatoms. The molecule has 0 amide bonds. The minimum Gasteiger partial charge on any atom is -0.452 e. The Kier molecular flexibility index (Phi) is 6.89. The number of furan rings is 1. The van der Waals surface area contributed by atoms with Crippen molar-refractivity contribution in [1.82, 2.24) is 28.9 Å². The number of rotatable bonds is 6. The fraction of sp³-hybridized carbons (Fsp3) is 0.333. The van der Waals surface area contributed by atoms with Crippen LogP contribution in [0.15, 0.2) is 58.0 Å².